The molecule has 21 heavy (non-hydrogen) atoms. The zero-order valence-electron chi connectivity index (χ0n) is 13.4. The van der Waals surface area contributed by atoms with E-state index < -0.39 is 0 Å². The van der Waals surface area contributed by atoms with Gasteiger partial charge in [-0.15, -0.1) is 0 Å². The van der Waals surface area contributed by atoms with Crippen LogP contribution in [0.15, 0.2) is 30.3 Å². The Morgan fingerprint density at radius 2 is 1.71 bits per heavy atom. The Bertz CT molecular complexity index is 421. The number of rotatable bonds is 8. The van der Waals surface area contributed by atoms with E-state index in [2.05, 4.69) is 30.3 Å². The number of benzene rings is 1. The van der Waals surface area contributed by atoms with Crippen molar-refractivity contribution in [2.24, 2.45) is 17.6 Å². The molecule has 0 saturated heterocycles. The Balaban J connectivity index is 1.53. The molecular weight excluding hydrogens is 254 g/mol. The summed E-state index contributed by atoms with van der Waals surface area (Å²) in [6, 6.07) is 11.3. The van der Waals surface area contributed by atoms with Gasteiger partial charge in [-0.05, 0) is 67.9 Å². The molecule has 0 aliphatic heterocycles. The van der Waals surface area contributed by atoms with Gasteiger partial charge in [-0.2, -0.15) is 0 Å². The molecular formula is C20H31N. The number of hydrogen-bond acceptors (Lipinski definition) is 1. The largest absolute Gasteiger partial charge is 0.330 e. The Morgan fingerprint density at radius 1 is 0.952 bits per heavy atom. The molecule has 2 saturated carbocycles. The third-order valence-corrected chi connectivity index (χ3v) is 6.20. The molecule has 1 aromatic rings. The number of hydrogen-bond donors (Lipinski definition) is 1. The second-order valence-corrected chi connectivity index (χ2v) is 7.44. The first kappa shape index (κ1) is 15.1. The van der Waals surface area contributed by atoms with Crippen LogP contribution in [-0.2, 0) is 5.41 Å². The molecule has 2 aliphatic rings. The topological polar surface area (TPSA) is 26.0 Å². The highest BCUT2D eigenvalue weighted by molar-refractivity contribution is 5.28. The summed E-state index contributed by atoms with van der Waals surface area (Å²) in [4.78, 5) is 0. The first-order valence-corrected chi connectivity index (χ1v) is 9.10. The molecule has 0 bridgehead atoms. The molecule has 2 atom stereocenters. The Hall–Kier alpha value is -0.820. The molecule has 3 rings (SSSR count). The van der Waals surface area contributed by atoms with Crippen molar-refractivity contribution < 1.29 is 0 Å². The average molecular weight is 285 g/mol. The third kappa shape index (κ3) is 3.34. The Labute approximate surface area is 130 Å². The lowest BCUT2D eigenvalue weighted by molar-refractivity contribution is 0.0827. The van der Waals surface area contributed by atoms with Crippen LogP contribution in [0, 0.1) is 11.8 Å². The zero-order chi connectivity index (χ0) is 14.5. The van der Waals surface area contributed by atoms with E-state index in [4.69, 9.17) is 5.73 Å². The van der Waals surface area contributed by atoms with Gasteiger partial charge in [0.05, 0.1) is 0 Å². The smallest absolute Gasteiger partial charge is 0.00442 e. The highest BCUT2D eigenvalue weighted by Gasteiger charge is 2.43. The van der Waals surface area contributed by atoms with Crippen molar-refractivity contribution in [3.63, 3.8) is 0 Å². The van der Waals surface area contributed by atoms with E-state index in [-0.39, 0.29) is 0 Å². The fourth-order valence-electron chi connectivity index (χ4n) is 4.52. The van der Waals surface area contributed by atoms with Crippen molar-refractivity contribution in [2.75, 3.05) is 6.54 Å². The maximum Gasteiger partial charge on any atom is -0.00442 e. The molecule has 116 valence electrons. The van der Waals surface area contributed by atoms with Crippen LogP contribution >= 0.6 is 0 Å². The zero-order valence-corrected chi connectivity index (χ0v) is 13.4. The van der Waals surface area contributed by atoms with Crippen LogP contribution in [0.2, 0.25) is 0 Å². The summed E-state index contributed by atoms with van der Waals surface area (Å²) in [6.45, 7) is 0.866. The molecule has 2 unspecified atom stereocenters. The summed E-state index contributed by atoms with van der Waals surface area (Å²) in [5, 5.41) is 0. The monoisotopic (exact) mass is 285 g/mol. The van der Waals surface area contributed by atoms with Gasteiger partial charge < -0.3 is 5.73 Å². The van der Waals surface area contributed by atoms with Crippen molar-refractivity contribution in [1.82, 2.24) is 0 Å². The molecule has 2 N–H and O–H groups in total. The summed E-state index contributed by atoms with van der Waals surface area (Å²) >= 11 is 0. The SMILES string of the molecule is NCCCCCC1CCC1CC1(c2ccccc2)CCC1. The third-order valence-electron chi connectivity index (χ3n) is 6.20. The van der Waals surface area contributed by atoms with Gasteiger partial charge in [-0.25, -0.2) is 0 Å². The summed E-state index contributed by atoms with van der Waals surface area (Å²) in [5.41, 5.74) is 7.75. The normalized spacial score (nSPS) is 26.9. The lowest BCUT2D eigenvalue weighted by Crippen LogP contribution is -2.40. The van der Waals surface area contributed by atoms with Gasteiger partial charge in [0.25, 0.3) is 0 Å². The first-order valence-electron chi connectivity index (χ1n) is 9.10. The summed E-state index contributed by atoms with van der Waals surface area (Å²) < 4.78 is 0. The molecule has 0 heterocycles. The van der Waals surface area contributed by atoms with Crippen LogP contribution in [0.1, 0.15) is 69.8 Å². The molecule has 0 spiro atoms. The average Bonchev–Trinajstić information content (AvgIpc) is 2.46. The van der Waals surface area contributed by atoms with Gasteiger partial charge in [0.1, 0.15) is 0 Å². The van der Waals surface area contributed by atoms with Crippen molar-refractivity contribution >= 4 is 0 Å². The van der Waals surface area contributed by atoms with Crippen LogP contribution in [0.4, 0.5) is 0 Å². The predicted octanol–water partition coefficient (Wildman–Crippen LogP) is 5.04. The second kappa shape index (κ2) is 6.96. The highest BCUT2D eigenvalue weighted by atomic mass is 14.5. The molecule has 0 amide bonds. The lowest BCUT2D eigenvalue weighted by Gasteiger charge is -2.49. The maximum atomic E-state index is 5.59. The first-order chi connectivity index (χ1) is 10.3. The van der Waals surface area contributed by atoms with E-state index in [0.29, 0.717) is 5.41 Å². The minimum Gasteiger partial charge on any atom is -0.330 e. The van der Waals surface area contributed by atoms with E-state index in [9.17, 15) is 0 Å². The van der Waals surface area contributed by atoms with Crippen molar-refractivity contribution in [3.05, 3.63) is 35.9 Å². The molecule has 2 aliphatic carbocycles. The van der Waals surface area contributed by atoms with Crippen LogP contribution < -0.4 is 5.73 Å². The summed E-state index contributed by atoms with van der Waals surface area (Å²) in [7, 11) is 0. The van der Waals surface area contributed by atoms with Crippen LogP contribution in [-0.4, -0.2) is 6.54 Å². The number of unbranched alkanes of at least 4 members (excludes halogenated alkanes) is 2. The molecule has 1 aromatic carbocycles. The van der Waals surface area contributed by atoms with Gasteiger partial charge >= 0.3 is 0 Å². The van der Waals surface area contributed by atoms with Gasteiger partial charge in [0.2, 0.25) is 0 Å². The van der Waals surface area contributed by atoms with Crippen molar-refractivity contribution in [3.8, 4) is 0 Å². The fraction of sp³-hybridized carbons (Fsp3) is 0.700. The molecule has 0 radical (unpaired) electrons. The molecule has 2 fully saturated rings. The minimum atomic E-state index is 0.544. The van der Waals surface area contributed by atoms with Crippen LogP contribution in [0.25, 0.3) is 0 Å². The maximum absolute atomic E-state index is 5.59. The lowest BCUT2D eigenvalue weighted by atomic mass is 9.55. The quantitative estimate of drug-likeness (QED) is 0.665. The highest BCUT2D eigenvalue weighted by Crippen LogP contribution is 2.53. The van der Waals surface area contributed by atoms with Gasteiger partial charge in [0, 0.05) is 0 Å². The molecule has 1 heteroatoms. The number of nitrogens with two attached hydrogens (primary N) is 1. The van der Waals surface area contributed by atoms with Gasteiger partial charge in [-0.1, -0.05) is 56.0 Å². The van der Waals surface area contributed by atoms with Gasteiger partial charge in [-0.3, -0.25) is 0 Å². The van der Waals surface area contributed by atoms with E-state index in [0.717, 1.165) is 18.4 Å². The van der Waals surface area contributed by atoms with E-state index >= 15 is 0 Å². The van der Waals surface area contributed by atoms with E-state index in [1.807, 2.05) is 0 Å². The summed E-state index contributed by atoms with van der Waals surface area (Å²) in [5.74, 6) is 2.02. The predicted molar refractivity (Wildman–Crippen MR) is 90.3 cm³/mol. The summed E-state index contributed by atoms with van der Waals surface area (Å²) in [6.07, 6.45) is 14.1. The van der Waals surface area contributed by atoms with Crippen molar-refractivity contribution in [1.29, 1.82) is 0 Å². The van der Waals surface area contributed by atoms with Crippen LogP contribution in [0.3, 0.4) is 0 Å². The molecule has 1 nitrogen and oxygen atoms in total. The second-order valence-electron chi connectivity index (χ2n) is 7.44. The Kier molecular flexibility index (Phi) is 5.00. The fourth-order valence-corrected chi connectivity index (χ4v) is 4.52. The standard InChI is InChI=1S/C20H31N/c21-15-6-2-3-8-17-11-12-18(17)16-20(13-7-14-20)19-9-4-1-5-10-19/h1,4-5,9-10,17-18H,2-3,6-8,11-16,21H2. The van der Waals surface area contributed by atoms with Crippen LogP contribution in [0.5, 0.6) is 0 Å². The van der Waals surface area contributed by atoms with E-state index in [1.165, 1.54) is 64.2 Å². The molecule has 0 aromatic heterocycles. The van der Waals surface area contributed by atoms with Crippen molar-refractivity contribution in [2.45, 2.75) is 69.6 Å². The minimum absolute atomic E-state index is 0.544. The Morgan fingerprint density at radius 3 is 2.29 bits per heavy atom. The van der Waals surface area contributed by atoms with E-state index in [1.54, 1.807) is 5.56 Å². The van der Waals surface area contributed by atoms with Gasteiger partial charge in [0.15, 0.2) is 0 Å².